The number of rotatable bonds is 7. The van der Waals surface area contributed by atoms with Crippen molar-refractivity contribution < 1.29 is 0 Å². The molecule has 12 rings (SSSR count). The molecule has 12 aromatic rings. The van der Waals surface area contributed by atoms with Crippen molar-refractivity contribution in [3.8, 4) is 44.5 Å². The van der Waals surface area contributed by atoms with Gasteiger partial charge in [0, 0.05) is 26.8 Å². The zero-order chi connectivity index (χ0) is 41.0. The first-order valence-electron chi connectivity index (χ1n) is 21.2. The van der Waals surface area contributed by atoms with Crippen LogP contribution in [0, 0.1) is 0 Å². The number of thiophene rings is 1. The Bertz CT molecular complexity index is 3610. The fraction of sp³-hybridized carbons (Fsp3) is 0. The third-order valence-electron chi connectivity index (χ3n) is 12.4. The van der Waals surface area contributed by atoms with Crippen LogP contribution in [0.25, 0.3) is 97.0 Å². The Labute approximate surface area is 365 Å². The molecule has 2 heteroatoms. The maximum Gasteiger partial charge on any atom is 0.0640 e. The van der Waals surface area contributed by atoms with Gasteiger partial charge in [0.15, 0.2) is 0 Å². The highest BCUT2D eigenvalue weighted by Crippen LogP contribution is 2.49. The molecule has 0 amide bonds. The van der Waals surface area contributed by atoms with E-state index >= 15 is 0 Å². The number of hydrogen-bond acceptors (Lipinski definition) is 2. The van der Waals surface area contributed by atoms with Crippen molar-refractivity contribution >= 4 is 80.9 Å². The molecule has 0 spiro atoms. The lowest BCUT2D eigenvalue weighted by molar-refractivity contribution is 1.31. The number of benzene rings is 11. The molecule has 0 saturated heterocycles. The molecule has 0 aliphatic heterocycles. The summed E-state index contributed by atoms with van der Waals surface area (Å²) in [6, 6.07) is 86.7. The number of hydrogen-bond donors (Lipinski definition) is 0. The van der Waals surface area contributed by atoms with Gasteiger partial charge in [0.2, 0.25) is 0 Å². The maximum absolute atomic E-state index is 2.47. The first-order valence-corrected chi connectivity index (χ1v) is 22.1. The molecule has 0 bridgehead atoms. The Balaban J connectivity index is 1.04. The smallest absolute Gasteiger partial charge is 0.0640 e. The largest absolute Gasteiger partial charge is 0.309 e. The van der Waals surface area contributed by atoms with E-state index in [4.69, 9.17) is 0 Å². The molecule has 290 valence electrons. The van der Waals surface area contributed by atoms with Gasteiger partial charge in [-0.1, -0.05) is 194 Å². The summed E-state index contributed by atoms with van der Waals surface area (Å²) in [5.41, 5.74) is 13.1. The summed E-state index contributed by atoms with van der Waals surface area (Å²) < 4.78 is 2.56. The summed E-state index contributed by atoms with van der Waals surface area (Å²) in [4.78, 5) is 2.47. The van der Waals surface area contributed by atoms with Crippen molar-refractivity contribution in [2.75, 3.05) is 4.90 Å². The van der Waals surface area contributed by atoms with Crippen LogP contribution in [0.15, 0.2) is 237 Å². The molecule has 1 nitrogen and oxygen atoms in total. The van der Waals surface area contributed by atoms with E-state index < -0.39 is 0 Å². The molecule has 0 atom stereocenters. The normalized spacial score (nSPS) is 11.5. The average molecular weight is 806 g/mol. The van der Waals surface area contributed by atoms with Gasteiger partial charge in [-0.05, 0) is 119 Å². The molecule has 0 aliphatic rings. The Hall–Kier alpha value is -7.78. The van der Waals surface area contributed by atoms with Gasteiger partial charge < -0.3 is 4.90 Å². The van der Waals surface area contributed by atoms with Crippen molar-refractivity contribution in [3.63, 3.8) is 0 Å². The van der Waals surface area contributed by atoms with Gasteiger partial charge in [-0.2, -0.15) is 0 Å². The number of fused-ring (bicyclic) bond motifs is 7. The summed E-state index contributed by atoms with van der Waals surface area (Å²) in [5, 5.41) is 10.1. The molecule has 11 aromatic carbocycles. The molecule has 0 aliphatic carbocycles. The highest BCUT2D eigenvalue weighted by Gasteiger charge is 2.22. The molecule has 1 aromatic heterocycles. The first kappa shape index (κ1) is 36.1. The Morgan fingerprint density at radius 2 is 0.790 bits per heavy atom. The van der Waals surface area contributed by atoms with E-state index in [1.807, 2.05) is 11.3 Å². The quantitative estimate of drug-likeness (QED) is 0.145. The average Bonchev–Trinajstić information content (AvgIpc) is 3.74. The molecule has 0 unspecified atom stereocenters. The third kappa shape index (κ3) is 6.15. The summed E-state index contributed by atoms with van der Waals surface area (Å²) in [7, 11) is 0. The topological polar surface area (TPSA) is 3.24 Å². The summed E-state index contributed by atoms with van der Waals surface area (Å²) >= 11 is 1.87. The molecule has 0 fully saturated rings. The molecular formula is C60H39NS. The Kier molecular flexibility index (Phi) is 8.76. The standard InChI is InChI=1S/C60H39NS/c1-3-15-44(16-4-1)58-53-22-10-9-20-50(53)51-37-36-49(39-55(51)59(58)45-17-5-2-6-18-45)61(56-24-13-23-54-52-21-11-12-25-57(52)62-60(54)56)48-34-32-42(33-35-48)41-26-28-43(29-27-41)47-31-30-40-14-7-8-19-46(40)38-47/h1-39H. The van der Waals surface area contributed by atoms with Crippen LogP contribution in [0.1, 0.15) is 0 Å². The second-order valence-electron chi connectivity index (χ2n) is 16.0. The first-order chi connectivity index (χ1) is 30.7. The Morgan fingerprint density at radius 3 is 1.52 bits per heavy atom. The minimum Gasteiger partial charge on any atom is -0.309 e. The Morgan fingerprint density at radius 1 is 0.274 bits per heavy atom. The minimum atomic E-state index is 1.11. The predicted octanol–water partition coefficient (Wildman–Crippen LogP) is 17.7. The van der Waals surface area contributed by atoms with E-state index in [0.717, 1.165) is 11.4 Å². The van der Waals surface area contributed by atoms with E-state index in [-0.39, 0.29) is 0 Å². The van der Waals surface area contributed by atoms with E-state index in [1.165, 1.54) is 103 Å². The van der Waals surface area contributed by atoms with Crippen LogP contribution in [0.4, 0.5) is 17.1 Å². The summed E-state index contributed by atoms with van der Waals surface area (Å²) in [5.74, 6) is 0. The summed E-state index contributed by atoms with van der Waals surface area (Å²) in [6.07, 6.45) is 0. The van der Waals surface area contributed by atoms with Gasteiger partial charge in [0.1, 0.15) is 0 Å². The van der Waals surface area contributed by atoms with E-state index in [2.05, 4.69) is 241 Å². The van der Waals surface area contributed by atoms with Crippen molar-refractivity contribution in [1.82, 2.24) is 0 Å². The second-order valence-corrected chi connectivity index (χ2v) is 17.1. The van der Waals surface area contributed by atoms with Gasteiger partial charge in [0.25, 0.3) is 0 Å². The van der Waals surface area contributed by atoms with Crippen LogP contribution in [0.3, 0.4) is 0 Å². The minimum absolute atomic E-state index is 1.11. The molecule has 1 heterocycles. The van der Waals surface area contributed by atoms with E-state index in [9.17, 15) is 0 Å². The van der Waals surface area contributed by atoms with Crippen molar-refractivity contribution in [1.29, 1.82) is 0 Å². The lowest BCUT2D eigenvalue weighted by atomic mass is 9.85. The third-order valence-corrected chi connectivity index (χ3v) is 13.7. The summed E-state index contributed by atoms with van der Waals surface area (Å²) in [6.45, 7) is 0. The fourth-order valence-electron chi connectivity index (χ4n) is 9.49. The fourth-order valence-corrected chi connectivity index (χ4v) is 10.7. The van der Waals surface area contributed by atoms with Crippen LogP contribution in [-0.2, 0) is 0 Å². The van der Waals surface area contributed by atoms with Crippen LogP contribution in [-0.4, -0.2) is 0 Å². The van der Waals surface area contributed by atoms with Gasteiger partial charge in [-0.3, -0.25) is 0 Å². The lowest BCUT2D eigenvalue weighted by Crippen LogP contribution is -2.10. The van der Waals surface area contributed by atoms with Crippen molar-refractivity contribution in [2.45, 2.75) is 0 Å². The zero-order valence-electron chi connectivity index (χ0n) is 33.9. The molecule has 0 saturated carbocycles. The monoisotopic (exact) mass is 805 g/mol. The molecule has 0 radical (unpaired) electrons. The van der Waals surface area contributed by atoms with Crippen LogP contribution < -0.4 is 4.90 Å². The van der Waals surface area contributed by atoms with Gasteiger partial charge in [0.05, 0.1) is 10.4 Å². The van der Waals surface area contributed by atoms with Crippen LogP contribution >= 0.6 is 11.3 Å². The molecule has 0 N–H and O–H groups in total. The SMILES string of the molecule is c1ccc(-c2c(-c3ccccc3)c3cc(N(c4ccc(-c5ccc(-c6ccc7ccccc7c6)cc5)cc4)c4cccc5c4sc4ccccc45)ccc3c3ccccc23)cc1. The number of anilines is 3. The predicted molar refractivity (Wildman–Crippen MR) is 268 cm³/mol. The second kappa shape index (κ2) is 15.0. The molecule has 62 heavy (non-hydrogen) atoms. The maximum atomic E-state index is 2.47. The van der Waals surface area contributed by atoms with Gasteiger partial charge >= 0.3 is 0 Å². The van der Waals surface area contributed by atoms with Gasteiger partial charge in [-0.15, -0.1) is 11.3 Å². The van der Waals surface area contributed by atoms with Crippen LogP contribution in [0.2, 0.25) is 0 Å². The van der Waals surface area contributed by atoms with E-state index in [1.54, 1.807) is 0 Å². The molecular weight excluding hydrogens is 767 g/mol. The van der Waals surface area contributed by atoms with Gasteiger partial charge in [-0.25, -0.2) is 0 Å². The highest BCUT2D eigenvalue weighted by atomic mass is 32.1. The lowest BCUT2D eigenvalue weighted by Gasteiger charge is -2.27. The van der Waals surface area contributed by atoms with Crippen molar-refractivity contribution in [2.24, 2.45) is 0 Å². The highest BCUT2D eigenvalue weighted by molar-refractivity contribution is 7.26. The van der Waals surface area contributed by atoms with E-state index in [0.29, 0.717) is 0 Å². The van der Waals surface area contributed by atoms with Crippen molar-refractivity contribution in [3.05, 3.63) is 237 Å². The zero-order valence-corrected chi connectivity index (χ0v) is 34.7. The van der Waals surface area contributed by atoms with Crippen LogP contribution in [0.5, 0.6) is 0 Å². The number of nitrogens with zero attached hydrogens (tertiary/aromatic N) is 1.